The van der Waals surface area contributed by atoms with E-state index in [1.165, 1.54) is 6.07 Å². The second-order valence-electron chi connectivity index (χ2n) is 6.65. The first-order chi connectivity index (χ1) is 13.2. The molecule has 1 aromatic carbocycles. The molecule has 1 atom stereocenters. The van der Waals surface area contributed by atoms with Crippen molar-refractivity contribution in [1.29, 1.82) is 0 Å². The van der Waals surface area contributed by atoms with Crippen LogP contribution in [0.4, 0.5) is 4.39 Å². The quantitative estimate of drug-likeness (QED) is 0.770. The van der Waals surface area contributed by atoms with Gasteiger partial charge in [0.25, 0.3) is 0 Å². The SMILES string of the molecule is O=C(Cc1ccccc1F)N1CCCCC1c1nc(-c2ccncc2)n[nH]1. The van der Waals surface area contributed by atoms with Crippen LogP contribution >= 0.6 is 0 Å². The Morgan fingerprint density at radius 1 is 1.19 bits per heavy atom. The van der Waals surface area contributed by atoms with Gasteiger partial charge in [-0.25, -0.2) is 9.37 Å². The second kappa shape index (κ2) is 7.65. The van der Waals surface area contributed by atoms with Crippen molar-refractivity contribution in [3.63, 3.8) is 0 Å². The van der Waals surface area contributed by atoms with Crippen molar-refractivity contribution < 1.29 is 9.18 Å². The average molecular weight is 365 g/mol. The number of likely N-dealkylation sites (tertiary alicyclic amines) is 1. The minimum absolute atomic E-state index is 0.0501. The number of amides is 1. The Morgan fingerprint density at radius 3 is 2.81 bits per heavy atom. The number of halogens is 1. The first kappa shape index (κ1) is 17.3. The van der Waals surface area contributed by atoms with Crippen LogP contribution in [0.2, 0.25) is 0 Å². The minimum atomic E-state index is -0.348. The number of carbonyl (C=O) groups is 1. The summed E-state index contributed by atoms with van der Waals surface area (Å²) >= 11 is 0. The largest absolute Gasteiger partial charge is 0.332 e. The molecular formula is C20H20FN5O. The van der Waals surface area contributed by atoms with Gasteiger partial charge in [0.15, 0.2) is 5.82 Å². The second-order valence-corrected chi connectivity index (χ2v) is 6.65. The zero-order valence-corrected chi connectivity index (χ0v) is 14.8. The van der Waals surface area contributed by atoms with Gasteiger partial charge in [0, 0.05) is 24.5 Å². The van der Waals surface area contributed by atoms with Crippen LogP contribution < -0.4 is 0 Å². The molecule has 138 valence electrons. The molecule has 1 aliphatic heterocycles. The van der Waals surface area contributed by atoms with Crippen LogP contribution in [-0.4, -0.2) is 37.5 Å². The summed E-state index contributed by atoms with van der Waals surface area (Å²) in [7, 11) is 0. The molecular weight excluding hydrogens is 345 g/mol. The fourth-order valence-corrected chi connectivity index (χ4v) is 3.47. The molecule has 0 spiro atoms. The number of hydrogen-bond donors (Lipinski definition) is 1. The van der Waals surface area contributed by atoms with Crippen molar-refractivity contribution in [1.82, 2.24) is 25.1 Å². The van der Waals surface area contributed by atoms with Gasteiger partial charge in [0.2, 0.25) is 5.91 Å². The smallest absolute Gasteiger partial charge is 0.227 e. The summed E-state index contributed by atoms with van der Waals surface area (Å²) in [4.78, 5) is 23.3. The van der Waals surface area contributed by atoms with E-state index in [0.717, 1.165) is 24.8 Å². The highest BCUT2D eigenvalue weighted by atomic mass is 19.1. The van der Waals surface area contributed by atoms with Gasteiger partial charge in [-0.15, -0.1) is 0 Å². The Labute approximate surface area is 156 Å². The van der Waals surface area contributed by atoms with Crippen LogP contribution in [0.25, 0.3) is 11.4 Å². The summed E-state index contributed by atoms with van der Waals surface area (Å²) in [5.74, 6) is 0.814. The highest BCUT2D eigenvalue weighted by Crippen LogP contribution is 2.30. The molecule has 2 aromatic heterocycles. The Hall–Kier alpha value is -3.09. The number of hydrogen-bond acceptors (Lipinski definition) is 4. The van der Waals surface area contributed by atoms with Crippen molar-refractivity contribution in [2.45, 2.75) is 31.7 Å². The van der Waals surface area contributed by atoms with E-state index in [-0.39, 0.29) is 24.2 Å². The van der Waals surface area contributed by atoms with E-state index in [2.05, 4.69) is 20.2 Å². The molecule has 0 saturated carbocycles. The van der Waals surface area contributed by atoms with Gasteiger partial charge in [-0.2, -0.15) is 5.10 Å². The first-order valence-corrected chi connectivity index (χ1v) is 9.08. The number of benzene rings is 1. The van der Waals surface area contributed by atoms with Gasteiger partial charge < -0.3 is 4.90 Å². The van der Waals surface area contributed by atoms with Crippen LogP contribution in [0.3, 0.4) is 0 Å². The summed E-state index contributed by atoms with van der Waals surface area (Å²) in [5, 5.41) is 7.28. The first-order valence-electron chi connectivity index (χ1n) is 9.08. The molecule has 1 saturated heterocycles. The number of nitrogens with one attached hydrogen (secondary N) is 1. The lowest BCUT2D eigenvalue weighted by Crippen LogP contribution is -2.40. The summed E-state index contributed by atoms with van der Waals surface area (Å²) in [5.41, 5.74) is 1.29. The number of piperidine rings is 1. The molecule has 1 amide bonds. The highest BCUT2D eigenvalue weighted by molar-refractivity contribution is 5.79. The number of nitrogens with zero attached hydrogens (tertiary/aromatic N) is 4. The Balaban J connectivity index is 1.55. The van der Waals surface area contributed by atoms with E-state index in [0.29, 0.717) is 23.8 Å². The molecule has 0 bridgehead atoms. The molecule has 1 aliphatic rings. The monoisotopic (exact) mass is 365 g/mol. The van der Waals surface area contributed by atoms with Crippen LogP contribution in [0.15, 0.2) is 48.8 Å². The lowest BCUT2D eigenvalue weighted by molar-refractivity contribution is -0.134. The topological polar surface area (TPSA) is 74.8 Å². The predicted molar refractivity (Wildman–Crippen MR) is 98.0 cm³/mol. The van der Waals surface area contributed by atoms with Gasteiger partial charge in [-0.1, -0.05) is 18.2 Å². The molecule has 27 heavy (non-hydrogen) atoms. The van der Waals surface area contributed by atoms with Crippen molar-refractivity contribution in [3.05, 3.63) is 66.0 Å². The summed E-state index contributed by atoms with van der Waals surface area (Å²) in [6.45, 7) is 0.642. The molecule has 0 radical (unpaired) electrons. The summed E-state index contributed by atoms with van der Waals surface area (Å²) in [6.07, 6.45) is 6.19. The van der Waals surface area contributed by atoms with Crippen molar-refractivity contribution in [2.24, 2.45) is 0 Å². The Bertz CT molecular complexity index is 927. The van der Waals surface area contributed by atoms with Crippen molar-refractivity contribution in [3.8, 4) is 11.4 Å². The number of aromatic nitrogens is 4. The van der Waals surface area contributed by atoms with Gasteiger partial charge in [0.05, 0.1) is 12.5 Å². The number of H-pyrrole nitrogens is 1. The zero-order valence-electron chi connectivity index (χ0n) is 14.8. The maximum absolute atomic E-state index is 13.9. The summed E-state index contributed by atoms with van der Waals surface area (Å²) in [6, 6.07) is 9.93. The third kappa shape index (κ3) is 3.72. The van der Waals surface area contributed by atoms with Crippen molar-refractivity contribution >= 4 is 5.91 Å². The van der Waals surface area contributed by atoms with Crippen LogP contribution in [0.5, 0.6) is 0 Å². The maximum Gasteiger partial charge on any atom is 0.227 e. The molecule has 6 nitrogen and oxygen atoms in total. The molecule has 1 fully saturated rings. The summed E-state index contributed by atoms with van der Waals surface area (Å²) < 4.78 is 13.9. The average Bonchev–Trinajstić information content (AvgIpc) is 3.20. The highest BCUT2D eigenvalue weighted by Gasteiger charge is 2.30. The third-order valence-corrected chi connectivity index (χ3v) is 4.88. The van der Waals surface area contributed by atoms with E-state index >= 15 is 0 Å². The fraction of sp³-hybridized carbons (Fsp3) is 0.300. The van der Waals surface area contributed by atoms with Gasteiger partial charge in [0.1, 0.15) is 11.6 Å². The van der Waals surface area contributed by atoms with Crippen LogP contribution in [0, 0.1) is 5.82 Å². The molecule has 0 aliphatic carbocycles. The van der Waals surface area contributed by atoms with E-state index in [1.54, 1.807) is 35.5 Å². The van der Waals surface area contributed by atoms with Gasteiger partial charge in [-0.05, 0) is 43.0 Å². The van der Waals surface area contributed by atoms with E-state index in [1.807, 2.05) is 12.1 Å². The van der Waals surface area contributed by atoms with Crippen molar-refractivity contribution in [2.75, 3.05) is 6.54 Å². The van der Waals surface area contributed by atoms with Crippen LogP contribution in [0.1, 0.15) is 36.7 Å². The molecule has 1 unspecified atom stereocenters. The molecule has 3 aromatic rings. The van der Waals surface area contributed by atoms with E-state index in [9.17, 15) is 9.18 Å². The molecule has 3 heterocycles. The normalized spacial score (nSPS) is 17.1. The Kier molecular flexibility index (Phi) is 4.91. The van der Waals surface area contributed by atoms with E-state index < -0.39 is 0 Å². The number of rotatable bonds is 4. The fourth-order valence-electron chi connectivity index (χ4n) is 3.47. The molecule has 7 heteroatoms. The van der Waals surface area contributed by atoms with Crippen LogP contribution in [-0.2, 0) is 11.2 Å². The van der Waals surface area contributed by atoms with Gasteiger partial charge in [-0.3, -0.25) is 14.9 Å². The minimum Gasteiger partial charge on any atom is -0.332 e. The number of carbonyl (C=O) groups excluding carboxylic acids is 1. The predicted octanol–water partition coefficient (Wildman–Crippen LogP) is 3.30. The standard InChI is InChI=1S/C20H20FN5O/c21-16-6-2-1-5-15(16)13-18(27)26-12-4-3-7-17(26)20-23-19(24-25-20)14-8-10-22-11-9-14/h1-2,5-6,8-11,17H,3-4,7,12-13H2,(H,23,24,25). The molecule has 4 rings (SSSR count). The maximum atomic E-state index is 13.9. The number of aromatic amines is 1. The van der Waals surface area contributed by atoms with E-state index in [4.69, 9.17) is 0 Å². The zero-order chi connectivity index (χ0) is 18.6. The lowest BCUT2D eigenvalue weighted by Gasteiger charge is -2.34. The Morgan fingerprint density at radius 2 is 2.00 bits per heavy atom. The number of pyridine rings is 1. The lowest BCUT2D eigenvalue weighted by atomic mass is 10.00. The third-order valence-electron chi connectivity index (χ3n) is 4.88. The molecule has 1 N–H and O–H groups in total. The van der Waals surface area contributed by atoms with Gasteiger partial charge >= 0.3 is 0 Å².